The Labute approximate surface area is 127 Å². The van der Waals surface area contributed by atoms with Gasteiger partial charge in [-0.3, -0.25) is 4.79 Å². The average molecular weight is 293 g/mol. The molecule has 0 radical (unpaired) electrons. The molecule has 1 saturated carbocycles. The van der Waals surface area contributed by atoms with Gasteiger partial charge in [0, 0.05) is 19.1 Å². The van der Waals surface area contributed by atoms with E-state index in [0.29, 0.717) is 13.1 Å². The van der Waals surface area contributed by atoms with E-state index in [1.54, 1.807) is 0 Å². The Morgan fingerprint density at radius 2 is 2.10 bits per heavy atom. The highest BCUT2D eigenvalue weighted by Crippen LogP contribution is 2.26. The molecule has 0 bridgehead atoms. The van der Waals surface area contributed by atoms with Crippen LogP contribution in [-0.4, -0.2) is 48.9 Å². The molecule has 21 heavy (non-hydrogen) atoms. The Bertz CT molecular complexity index is 470. The van der Waals surface area contributed by atoms with Crippen LogP contribution in [0, 0.1) is 12.8 Å². The highest BCUT2D eigenvalue weighted by molar-refractivity contribution is 5.79. The predicted molar refractivity (Wildman–Crippen MR) is 82.7 cm³/mol. The lowest BCUT2D eigenvalue weighted by atomic mass is 10.0. The summed E-state index contributed by atoms with van der Waals surface area (Å²) in [7, 11) is 4.03. The van der Waals surface area contributed by atoms with Crippen molar-refractivity contribution in [1.82, 2.24) is 9.80 Å². The molecule has 1 aliphatic rings. The van der Waals surface area contributed by atoms with Gasteiger partial charge in [-0.15, -0.1) is 0 Å². The summed E-state index contributed by atoms with van der Waals surface area (Å²) < 4.78 is 5.62. The van der Waals surface area contributed by atoms with Crippen LogP contribution >= 0.6 is 0 Å². The van der Waals surface area contributed by atoms with Gasteiger partial charge in [0.2, 0.25) is 5.91 Å². The molecule has 0 saturated heterocycles. The summed E-state index contributed by atoms with van der Waals surface area (Å²) in [5, 5.41) is 0. The van der Waals surface area contributed by atoms with Crippen molar-refractivity contribution in [3.05, 3.63) is 23.7 Å². The van der Waals surface area contributed by atoms with Crippen LogP contribution in [0.15, 0.2) is 16.5 Å². The second-order valence-electron chi connectivity index (χ2n) is 6.28. The zero-order valence-electron chi connectivity index (χ0n) is 13.3. The normalized spacial score (nSPS) is 22.0. The van der Waals surface area contributed by atoms with Gasteiger partial charge in [-0.25, -0.2) is 0 Å². The third-order valence-electron chi connectivity index (χ3n) is 4.16. The van der Waals surface area contributed by atoms with Gasteiger partial charge < -0.3 is 20.0 Å². The summed E-state index contributed by atoms with van der Waals surface area (Å²) in [6, 6.07) is 3.89. The Morgan fingerprint density at radius 1 is 1.33 bits per heavy atom. The third kappa shape index (κ3) is 4.32. The van der Waals surface area contributed by atoms with E-state index < -0.39 is 0 Å². The fourth-order valence-corrected chi connectivity index (χ4v) is 2.88. The fourth-order valence-electron chi connectivity index (χ4n) is 2.88. The molecule has 2 rings (SSSR count). The number of amides is 1. The fraction of sp³-hybridized carbons (Fsp3) is 0.688. The van der Waals surface area contributed by atoms with Crippen LogP contribution in [0.5, 0.6) is 0 Å². The topological polar surface area (TPSA) is 62.7 Å². The van der Waals surface area contributed by atoms with Crippen LogP contribution in [0.3, 0.4) is 0 Å². The summed E-state index contributed by atoms with van der Waals surface area (Å²) in [5.41, 5.74) is 6.09. The minimum atomic E-state index is -0.0248. The lowest BCUT2D eigenvalue weighted by Crippen LogP contribution is -2.43. The molecule has 1 aromatic heterocycles. The molecular formula is C16H27N3O2. The molecule has 2 unspecified atom stereocenters. The van der Waals surface area contributed by atoms with Gasteiger partial charge in [0.15, 0.2) is 0 Å². The summed E-state index contributed by atoms with van der Waals surface area (Å²) in [5.74, 6) is 1.87. The summed E-state index contributed by atoms with van der Waals surface area (Å²) >= 11 is 0. The molecule has 0 aliphatic heterocycles. The third-order valence-corrected chi connectivity index (χ3v) is 4.16. The summed E-state index contributed by atoms with van der Waals surface area (Å²) in [6.07, 6.45) is 2.92. The minimum absolute atomic E-state index is 0.0118. The van der Waals surface area contributed by atoms with E-state index in [0.717, 1.165) is 37.3 Å². The number of rotatable bonds is 6. The van der Waals surface area contributed by atoms with Crippen LogP contribution in [-0.2, 0) is 11.3 Å². The van der Waals surface area contributed by atoms with E-state index in [1.807, 2.05) is 38.1 Å². The Morgan fingerprint density at radius 3 is 2.62 bits per heavy atom. The van der Waals surface area contributed by atoms with E-state index in [9.17, 15) is 4.79 Å². The minimum Gasteiger partial charge on any atom is -0.464 e. The maximum absolute atomic E-state index is 12.8. The standard InChI is InChI=1S/C16H27N3O2/c1-12-7-8-13(21-12)11-19(10-9-18(2)3)16(20)14-5-4-6-15(14)17/h7-8,14-15H,4-6,9-11,17H2,1-3H3. The van der Waals surface area contributed by atoms with Crippen LogP contribution in [0.25, 0.3) is 0 Å². The van der Waals surface area contributed by atoms with E-state index in [-0.39, 0.29) is 17.9 Å². The molecule has 1 fully saturated rings. The van der Waals surface area contributed by atoms with Gasteiger partial charge in [-0.1, -0.05) is 6.42 Å². The highest BCUT2D eigenvalue weighted by Gasteiger charge is 2.33. The van der Waals surface area contributed by atoms with Crippen molar-refractivity contribution >= 4 is 5.91 Å². The zero-order chi connectivity index (χ0) is 15.4. The predicted octanol–water partition coefficient (Wildman–Crippen LogP) is 1.61. The molecule has 118 valence electrons. The second kappa shape index (κ2) is 7.09. The van der Waals surface area contributed by atoms with Crippen LogP contribution in [0.4, 0.5) is 0 Å². The lowest BCUT2D eigenvalue weighted by Gasteiger charge is -2.27. The average Bonchev–Trinajstić information content (AvgIpc) is 3.02. The monoisotopic (exact) mass is 293 g/mol. The maximum atomic E-state index is 12.8. The number of carbonyl (C=O) groups is 1. The first-order valence-corrected chi connectivity index (χ1v) is 7.72. The molecule has 5 nitrogen and oxygen atoms in total. The summed E-state index contributed by atoms with van der Waals surface area (Å²) in [6.45, 7) is 3.99. The van der Waals surface area contributed by atoms with Crippen LogP contribution in [0.1, 0.15) is 30.8 Å². The molecule has 1 aromatic rings. The van der Waals surface area contributed by atoms with E-state index >= 15 is 0 Å². The Hall–Kier alpha value is -1.33. The van der Waals surface area contributed by atoms with Crippen molar-refractivity contribution in [1.29, 1.82) is 0 Å². The highest BCUT2D eigenvalue weighted by atomic mass is 16.3. The molecule has 1 heterocycles. The van der Waals surface area contributed by atoms with Crippen molar-refractivity contribution in [2.24, 2.45) is 11.7 Å². The number of carbonyl (C=O) groups excluding carboxylic acids is 1. The number of hydrogen-bond donors (Lipinski definition) is 1. The largest absolute Gasteiger partial charge is 0.464 e. The molecule has 2 N–H and O–H groups in total. The smallest absolute Gasteiger partial charge is 0.227 e. The van der Waals surface area contributed by atoms with E-state index in [4.69, 9.17) is 10.2 Å². The number of nitrogens with two attached hydrogens (primary N) is 1. The van der Waals surface area contributed by atoms with Gasteiger partial charge in [0.25, 0.3) is 0 Å². The van der Waals surface area contributed by atoms with Crippen LogP contribution in [0.2, 0.25) is 0 Å². The van der Waals surface area contributed by atoms with Gasteiger partial charge in [0.1, 0.15) is 11.5 Å². The van der Waals surface area contributed by atoms with Gasteiger partial charge in [-0.2, -0.15) is 0 Å². The van der Waals surface area contributed by atoms with E-state index in [1.165, 1.54) is 0 Å². The van der Waals surface area contributed by atoms with Crippen molar-refractivity contribution in [2.45, 2.75) is 38.8 Å². The summed E-state index contributed by atoms with van der Waals surface area (Å²) in [4.78, 5) is 16.7. The van der Waals surface area contributed by atoms with E-state index in [2.05, 4.69) is 4.90 Å². The second-order valence-corrected chi connectivity index (χ2v) is 6.28. The van der Waals surface area contributed by atoms with Crippen molar-refractivity contribution in [3.8, 4) is 0 Å². The van der Waals surface area contributed by atoms with Crippen molar-refractivity contribution < 1.29 is 9.21 Å². The lowest BCUT2D eigenvalue weighted by molar-refractivity contribution is -0.136. The maximum Gasteiger partial charge on any atom is 0.227 e. The van der Waals surface area contributed by atoms with Crippen molar-refractivity contribution in [3.63, 3.8) is 0 Å². The van der Waals surface area contributed by atoms with Crippen LogP contribution < -0.4 is 5.73 Å². The molecule has 1 amide bonds. The van der Waals surface area contributed by atoms with Crippen molar-refractivity contribution in [2.75, 3.05) is 27.2 Å². The molecule has 1 aliphatic carbocycles. The molecule has 5 heteroatoms. The number of hydrogen-bond acceptors (Lipinski definition) is 4. The zero-order valence-corrected chi connectivity index (χ0v) is 13.3. The molecular weight excluding hydrogens is 266 g/mol. The first-order chi connectivity index (χ1) is 9.97. The SMILES string of the molecule is Cc1ccc(CN(CCN(C)C)C(=O)C2CCCC2N)o1. The Balaban J connectivity index is 2.05. The van der Waals surface area contributed by atoms with Gasteiger partial charge in [-0.05, 0) is 46.0 Å². The number of likely N-dealkylation sites (N-methyl/N-ethyl adjacent to an activating group) is 1. The number of furan rings is 1. The number of aryl methyl sites for hydroxylation is 1. The molecule has 0 aromatic carbocycles. The quantitative estimate of drug-likeness (QED) is 0.865. The number of nitrogens with zero attached hydrogens (tertiary/aromatic N) is 2. The van der Waals surface area contributed by atoms with Gasteiger partial charge in [0.05, 0.1) is 12.5 Å². The molecule has 2 atom stereocenters. The Kier molecular flexibility index (Phi) is 5.42. The molecule has 0 spiro atoms. The first-order valence-electron chi connectivity index (χ1n) is 7.72. The van der Waals surface area contributed by atoms with Gasteiger partial charge >= 0.3 is 0 Å². The first kappa shape index (κ1) is 16.0.